The normalized spacial score (nSPS) is 12.1. The first-order valence-corrected chi connectivity index (χ1v) is 23.5. The van der Waals surface area contributed by atoms with Crippen LogP contribution >= 0.6 is 35.1 Å². The Hall–Kier alpha value is -6.15. The maximum absolute atomic E-state index is 13.0. The minimum atomic E-state index is -4.45. The van der Waals surface area contributed by atoms with Crippen molar-refractivity contribution in [3.8, 4) is 45.9 Å². The largest absolute Gasteiger partial charge is 0.416 e. The summed E-state index contributed by atoms with van der Waals surface area (Å²) in [5, 5.41) is 23.3. The number of rotatable bonds is 13. The number of benzene rings is 3. The molecule has 2 amide bonds. The van der Waals surface area contributed by atoms with Crippen LogP contribution in [0.1, 0.15) is 48.2 Å². The highest BCUT2D eigenvalue weighted by molar-refractivity contribution is 8.00. The number of amides is 2. The summed E-state index contributed by atoms with van der Waals surface area (Å²) in [6.45, 7) is 11.6. The summed E-state index contributed by atoms with van der Waals surface area (Å²) in [6, 6.07) is 31.4. The molecule has 0 radical (unpaired) electrons. The van der Waals surface area contributed by atoms with Gasteiger partial charge in [0.05, 0.1) is 47.1 Å². The van der Waals surface area contributed by atoms with Crippen LogP contribution in [0, 0.1) is 36.5 Å². The fourth-order valence-electron chi connectivity index (χ4n) is 6.19. The van der Waals surface area contributed by atoms with Crippen LogP contribution in [0.15, 0.2) is 107 Å². The van der Waals surface area contributed by atoms with Gasteiger partial charge in [-0.15, -0.1) is 0 Å². The van der Waals surface area contributed by atoms with Crippen molar-refractivity contribution < 1.29 is 32.2 Å². The highest BCUT2D eigenvalue weighted by Gasteiger charge is 2.30. The Morgan fingerprint density at radius 3 is 2.03 bits per heavy atom. The molecule has 18 heteroatoms. The molecule has 3 aromatic heterocycles. The van der Waals surface area contributed by atoms with Crippen LogP contribution in [-0.4, -0.2) is 87.1 Å². The molecule has 0 bridgehead atoms. The Labute approximate surface area is 394 Å². The van der Waals surface area contributed by atoms with E-state index in [0.29, 0.717) is 69.7 Å². The maximum Gasteiger partial charge on any atom is 0.416 e. The lowest BCUT2D eigenvalue weighted by atomic mass is 9.98. The second-order valence-electron chi connectivity index (χ2n) is 14.3. The van der Waals surface area contributed by atoms with Gasteiger partial charge in [-0.3, -0.25) is 14.9 Å². The third kappa shape index (κ3) is 14.9. The van der Waals surface area contributed by atoms with Crippen LogP contribution in [0.3, 0.4) is 0 Å². The van der Waals surface area contributed by atoms with Crippen molar-refractivity contribution in [1.82, 2.24) is 24.2 Å². The number of aryl methyl sites for hydroxylation is 2. The molecule has 1 N–H and O–H groups in total. The van der Waals surface area contributed by atoms with Crippen LogP contribution in [0.5, 0.6) is 0 Å². The van der Waals surface area contributed by atoms with E-state index in [0.717, 1.165) is 77.4 Å². The number of aromatic nitrogens is 4. The lowest BCUT2D eigenvalue weighted by Crippen LogP contribution is -2.41. The minimum Gasteiger partial charge on any atom is -0.382 e. The Morgan fingerprint density at radius 1 is 0.818 bits per heavy atom. The average molecular weight is 953 g/mol. The number of nitrogens with one attached hydrogen (secondary N) is 1. The number of halogens is 3. The van der Waals surface area contributed by atoms with Crippen molar-refractivity contribution >= 4 is 52.0 Å². The molecule has 0 atom stereocenters. The number of carbonyl (C=O) groups excluding carboxylic acids is 2. The van der Waals surface area contributed by atoms with Crippen molar-refractivity contribution in [2.24, 2.45) is 0 Å². The number of thioether (sulfide) groups is 2. The molecule has 7 rings (SSSR count). The summed E-state index contributed by atoms with van der Waals surface area (Å²) < 4.78 is 53.6. The zero-order chi connectivity index (χ0) is 47.5. The Morgan fingerprint density at radius 2 is 1.44 bits per heavy atom. The molecule has 4 heterocycles. The number of ether oxygens (including phenoxy) is 2. The predicted molar refractivity (Wildman–Crippen MR) is 253 cm³/mol. The summed E-state index contributed by atoms with van der Waals surface area (Å²) in [7, 11) is 0. The molecule has 342 valence electrons. The highest BCUT2D eigenvalue weighted by Crippen LogP contribution is 2.36. The van der Waals surface area contributed by atoms with E-state index >= 15 is 0 Å². The zero-order valence-corrected chi connectivity index (χ0v) is 39.2. The lowest BCUT2D eigenvalue weighted by Gasteiger charge is -2.26. The molecule has 0 spiro atoms. The van der Waals surface area contributed by atoms with Gasteiger partial charge in [0.25, 0.3) is 0 Å². The molecule has 1 aliphatic rings. The maximum atomic E-state index is 13.0. The second-order valence-corrected chi connectivity index (χ2v) is 16.9. The third-order valence-corrected chi connectivity index (χ3v) is 12.0. The van der Waals surface area contributed by atoms with Crippen LogP contribution in [0.4, 0.5) is 18.3 Å². The number of morpholine rings is 1. The molecule has 1 saturated heterocycles. The summed E-state index contributed by atoms with van der Waals surface area (Å²) >= 11 is 3.53. The average Bonchev–Trinajstić information content (AvgIpc) is 3.80. The van der Waals surface area contributed by atoms with Crippen LogP contribution in [0.25, 0.3) is 33.8 Å². The number of nitrogens with zero attached hydrogens (tertiary/aromatic N) is 7. The number of nitriles is 2. The van der Waals surface area contributed by atoms with E-state index in [-0.39, 0.29) is 28.9 Å². The first-order chi connectivity index (χ1) is 31.8. The Balaban J connectivity index is 0.000000226. The van der Waals surface area contributed by atoms with Crippen molar-refractivity contribution in [1.29, 1.82) is 10.5 Å². The van der Waals surface area contributed by atoms with Crippen molar-refractivity contribution in [3.63, 3.8) is 0 Å². The molecule has 1 fully saturated rings. The quantitative estimate of drug-likeness (QED) is 0.0861. The van der Waals surface area contributed by atoms with Gasteiger partial charge in [0.1, 0.15) is 22.2 Å². The summed E-state index contributed by atoms with van der Waals surface area (Å²) in [5.41, 5.74) is 4.83. The second kappa shape index (κ2) is 25.5. The van der Waals surface area contributed by atoms with E-state index in [1.54, 1.807) is 11.0 Å². The van der Waals surface area contributed by atoms with Gasteiger partial charge in [-0.2, -0.15) is 33.1 Å². The minimum absolute atomic E-state index is 0.0832. The molecule has 0 unspecified atom stereocenters. The zero-order valence-electron chi connectivity index (χ0n) is 36.7. The van der Waals surface area contributed by atoms with Gasteiger partial charge in [-0.05, 0) is 62.6 Å². The molecule has 12 nitrogen and oxygen atoms in total. The first kappa shape index (κ1) is 50.8. The summed E-state index contributed by atoms with van der Waals surface area (Å²) in [6.07, 6.45) is -3.32. The Kier molecular flexibility index (Phi) is 19.7. The van der Waals surface area contributed by atoms with E-state index in [2.05, 4.69) is 43.7 Å². The van der Waals surface area contributed by atoms with Crippen molar-refractivity contribution in [2.45, 2.75) is 50.3 Å². The molecule has 1 aliphatic heterocycles. The standard InChI is InChI=1S/C25H20F3N3O2S.C18H15N5OS2.C5H12O/c26-25(27,28)19-8-6-17(7-9-19)20-14-22(18-4-2-1-3-5-18)30-24(21(20)15-29)34-16-23(32)31-10-12-33-13-11-31;1-11-8-12(2)20-17(14(11)9-19)25-10-15(24)21-18-22-16(23-26-18)13-6-4-3-5-7-13;1-3-5-6-4-2/h1-9,14H,10-13,16H2;3-8H,10H2,1-2H3,(H,21,22,23,24);3-5H2,1-2H3. The molecular formula is C48H47F3N8O4S3. The number of carbonyl (C=O) groups is 2. The van der Waals surface area contributed by atoms with Gasteiger partial charge in [0.2, 0.25) is 16.9 Å². The molecule has 0 saturated carbocycles. The van der Waals surface area contributed by atoms with Crippen LogP contribution in [-0.2, 0) is 25.2 Å². The summed E-state index contributed by atoms with van der Waals surface area (Å²) in [4.78, 5) is 39.9. The van der Waals surface area contributed by atoms with Crippen LogP contribution < -0.4 is 5.32 Å². The van der Waals surface area contributed by atoms with Crippen molar-refractivity contribution in [2.75, 3.05) is 56.3 Å². The Bertz CT molecular complexity index is 2610. The smallest absolute Gasteiger partial charge is 0.382 e. The van der Waals surface area contributed by atoms with Gasteiger partial charge >= 0.3 is 6.18 Å². The van der Waals surface area contributed by atoms with E-state index in [9.17, 15) is 33.3 Å². The first-order valence-electron chi connectivity index (χ1n) is 20.8. The SMILES string of the molecule is CCCOCC.Cc1cc(C)c(C#N)c(SCC(=O)Nc2nc(-c3ccccc3)ns2)n1.N#Cc1c(-c2ccc(C(F)(F)F)cc2)cc(-c2ccccc2)nc1SCC(=O)N1CCOCC1. The highest BCUT2D eigenvalue weighted by atomic mass is 32.2. The number of anilines is 1. The predicted octanol–water partition coefficient (Wildman–Crippen LogP) is 10.5. The van der Waals surface area contributed by atoms with Gasteiger partial charge in [-0.25, -0.2) is 9.97 Å². The molecule has 6 aromatic rings. The fraction of sp³-hybridized carbons (Fsp3) is 0.292. The summed E-state index contributed by atoms with van der Waals surface area (Å²) in [5.74, 6) is 0.522. The monoisotopic (exact) mass is 952 g/mol. The van der Waals surface area contributed by atoms with Gasteiger partial charge in [-0.1, -0.05) is 103 Å². The van der Waals surface area contributed by atoms with E-state index < -0.39 is 11.7 Å². The van der Waals surface area contributed by atoms with Crippen LogP contribution in [0.2, 0.25) is 0 Å². The molecule has 3 aromatic carbocycles. The number of hydrogen-bond acceptors (Lipinski definition) is 13. The molecule has 66 heavy (non-hydrogen) atoms. The fourth-order valence-corrected chi connectivity index (χ4v) is 8.60. The topological polar surface area (TPSA) is 167 Å². The van der Waals surface area contributed by atoms with E-state index in [1.165, 1.54) is 23.9 Å². The molecular weight excluding hydrogens is 906 g/mol. The van der Waals surface area contributed by atoms with E-state index in [4.69, 9.17) is 9.47 Å². The molecule has 0 aliphatic carbocycles. The number of alkyl halides is 3. The lowest BCUT2D eigenvalue weighted by molar-refractivity contribution is -0.137. The number of hydrogen-bond donors (Lipinski definition) is 1. The van der Waals surface area contributed by atoms with Gasteiger partial charge < -0.3 is 14.4 Å². The van der Waals surface area contributed by atoms with Gasteiger partial charge in [0, 0.05) is 60.2 Å². The van der Waals surface area contributed by atoms with E-state index in [1.807, 2.05) is 87.5 Å². The third-order valence-electron chi connectivity index (χ3n) is 9.41. The van der Waals surface area contributed by atoms with Gasteiger partial charge in [0.15, 0.2) is 5.82 Å². The number of pyridine rings is 2. The van der Waals surface area contributed by atoms with Crippen molar-refractivity contribution in [3.05, 3.63) is 125 Å².